The van der Waals surface area contributed by atoms with Crippen LogP contribution < -0.4 is 10.6 Å². The highest BCUT2D eigenvalue weighted by Crippen LogP contribution is 2.21. The van der Waals surface area contributed by atoms with E-state index in [4.69, 9.17) is 0 Å². The molecule has 0 unspecified atom stereocenters. The summed E-state index contributed by atoms with van der Waals surface area (Å²) in [6.45, 7) is 7.71. The Labute approximate surface area is 159 Å². The second kappa shape index (κ2) is 8.07. The maximum absolute atomic E-state index is 12.6. The minimum atomic E-state index is -0.213. The fourth-order valence-corrected chi connectivity index (χ4v) is 2.81. The smallest absolute Gasteiger partial charge is 0.319 e. The zero-order valence-electron chi connectivity index (χ0n) is 16.0. The summed E-state index contributed by atoms with van der Waals surface area (Å²) in [4.78, 5) is 20.7. The number of anilines is 1. The lowest BCUT2D eigenvalue weighted by Gasteiger charge is -2.31. The largest absolute Gasteiger partial charge is 0.335 e. The van der Waals surface area contributed by atoms with Crippen molar-refractivity contribution in [2.75, 3.05) is 5.32 Å². The molecular formula is C20H26N6O. The second-order valence-electron chi connectivity index (χ2n) is 7.71. The minimum Gasteiger partial charge on any atom is -0.335 e. The van der Waals surface area contributed by atoms with Gasteiger partial charge in [0, 0.05) is 43.6 Å². The number of aromatic nitrogens is 4. The van der Waals surface area contributed by atoms with E-state index in [2.05, 4.69) is 41.4 Å². The molecule has 0 saturated heterocycles. The summed E-state index contributed by atoms with van der Waals surface area (Å²) in [7, 11) is 0. The van der Waals surface area contributed by atoms with Gasteiger partial charge in [0.05, 0.1) is 18.7 Å². The summed E-state index contributed by atoms with van der Waals surface area (Å²) in [5.74, 6) is 0. The third-order valence-electron chi connectivity index (χ3n) is 4.41. The van der Waals surface area contributed by atoms with Crippen molar-refractivity contribution < 1.29 is 4.79 Å². The maximum Gasteiger partial charge on any atom is 0.319 e. The van der Waals surface area contributed by atoms with Gasteiger partial charge in [-0.2, -0.15) is 0 Å². The number of hydrogen-bond donors (Lipinski definition) is 2. The first-order valence-corrected chi connectivity index (χ1v) is 8.98. The molecule has 2 N–H and O–H groups in total. The molecule has 0 radical (unpaired) electrons. The van der Waals surface area contributed by atoms with E-state index in [9.17, 15) is 4.79 Å². The van der Waals surface area contributed by atoms with Crippen molar-refractivity contribution in [2.45, 2.75) is 39.9 Å². The molecule has 0 bridgehead atoms. The van der Waals surface area contributed by atoms with Crippen molar-refractivity contribution >= 4 is 11.7 Å². The Morgan fingerprint density at radius 1 is 1.11 bits per heavy atom. The van der Waals surface area contributed by atoms with Crippen LogP contribution in [0.25, 0.3) is 0 Å². The Hall–Kier alpha value is -3.09. The number of nitrogens with one attached hydrogen (secondary N) is 2. The lowest BCUT2D eigenvalue weighted by molar-refractivity contribution is 0.219. The van der Waals surface area contributed by atoms with Gasteiger partial charge < -0.3 is 19.8 Å². The molecule has 0 spiro atoms. The molecule has 2 heterocycles. The number of rotatable bonds is 6. The van der Waals surface area contributed by atoms with E-state index in [1.165, 1.54) is 0 Å². The number of hydrogen-bond acceptors (Lipinski definition) is 3. The summed E-state index contributed by atoms with van der Waals surface area (Å²) < 4.78 is 3.96. The SMILES string of the molecule is CC(C)(C)[C@@H](Cn1ccnc1)NC(=O)Nc1cccc(Cn2ccnc2)c1. The summed E-state index contributed by atoms with van der Waals surface area (Å²) in [6, 6.07) is 7.57. The van der Waals surface area contributed by atoms with Gasteiger partial charge in [0.2, 0.25) is 0 Å². The molecule has 3 rings (SSSR count). The Kier molecular flexibility index (Phi) is 5.59. The Balaban J connectivity index is 1.63. The average molecular weight is 366 g/mol. The summed E-state index contributed by atoms with van der Waals surface area (Å²) in [5, 5.41) is 6.04. The molecule has 0 aliphatic rings. The molecule has 3 aromatic rings. The number of imidazole rings is 2. The molecule has 2 amide bonds. The van der Waals surface area contributed by atoms with Gasteiger partial charge in [0.25, 0.3) is 0 Å². The lowest BCUT2D eigenvalue weighted by Crippen LogP contribution is -2.47. The number of nitrogens with zero attached hydrogens (tertiary/aromatic N) is 4. The van der Waals surface area contributed by atoms with Gasteiger partial charge in [0.15, 0.2) is 0 Å². The molecule has 0 aliphatic carbocycles. The molecule has 0 aliphatic heterocycles. The first kappa shape index (κ1) is 18.7. The van der Waals surface area contributed by atoms with Crippen LogP contribution in [0.2, 0.25) is 0 Å². The van der Waals surface area contributed by atoms with Gasteiger partial charge in [-0.05, 0) is 23.1 Å². The quantitative estimate of drug-likeness (QED) is 0.702. The highest BCUT2D eigenvalue weighted by atomic mass is 16.2. The van der Waals surface area contributed by atoms with Gasteiger partial charge in [-0.15, -0.1) is 0 Å². The van der Waals surface area contributed by atoms with Crippen LogP contribution in [-0.2, 0) is 13.1 Å². The van der Waals surface area contributed by atoms with Crippen LogP contribution in [0.3, 0.4) is 0 Å². The highest BCUT2D eigenvalue weighted by Gasteiger charge is 2.26. The van der Waals surface area contributed by atoms with E-state index in [0.29, 0.717) is 13.1 Å². The zero-order chi connectivity index (χ0) is 19.3. The number of carbonyl (C=O) groups excluding carboxylic acids is 1. The highest BCUT2D eigenvalue weighted by molar-refractivity contribution is 5.89. The van der Waals surface area contributed by atoms with Crippen molar-refractivity contribution in [3.63, 3.8) is 0 Å². The van der Waals surface area contributed by atoms with Crippen molar-refractivity contribution in [2.24, 2.45) is 5.41 Å². The molecule has 0 saturated carbocycles. The Morgan fingerprint density at radius 2 is 1.81 bits per heavy atom. The van der Waals surface area contributed by atoms with Crippen LogP contribution in [0.5, 0.6) is 0 Å². The van der Waals surface area contributed by atoms with E-state index in [1.54, 1.807) is 25.0 Å². The predicted octanol–water partition coefficient (Wildman–Crippen LogP) is 3.36. The van der Waals surface area contributed by atoms with Crippen LogP contribution in [0.1, 0.15) is 26.3 Å². The van der Waals surface area contributed by atoms with Crippen LogP contribution in [0.15, 0.2) is 61.7 Å². The standard InChI is InChI=1S/C20H26N6O/c1-20(2,3)18(13-26-10-8-22-15-26)24-19(27)23-17-6-4-5-16(11-17)12-25-9-7-21-14-25/h4-11,14-15,18H,12-13H2,1-3H3,(H2,23,24,27)/t18-/m1/s1. The van der Waals surface area contributed by atoms with E-state index in [0.717, 1.165) is 11.3 Å². The van der Waals surface area contributed by atoms with E-state index >= 15 is 0 Å². The third kappa shape index (κ3) is 5.44. The van der Waals surface area contributed by atoms with Gasteiger partial charge >= 0.3 is 6.03 Å². The minimum absolute atomic E-state index is 0.0409. The molecule has 7 nitrogen and oxygen atoms in total. The fraction of sp³-hybridized carbons (Fsp3) is 0.350. The second-order valence-corrected chi connectivity index (χ2v) is 7.71. The Bertz CT molecular complexity index is 849. The first-order valence-electron chi connectivity index (χ1n) is 8.98. The van der Waals surface area contributed by atoms with Crippen LogP contribution >= 0.6 is 0 Å². The molecule has 1 aromatic carbocycles. The van der Waals surface area contributed by atoms with Gasteiger partial charge in [0.1, 0.15) is 0 Å². The van der Waals surface area contributed by atoms with Gasteiger partial charge in [-0.1, -0.05) is 32.9 Å². The Morgan fingerprint density at radius 3 is 2.44 bits per heavy atom. The molecule has 27 heavy (non-hydrogen) atoms. The first-order chi connectivity index (χ1) is 12.9. The third-order valence-corrected chi connectivity index (χ3v) is 4.41. The molecule has 7 heteroatoms. The van der Waals surface area contributed by atoms with Crippen LogP contribution in [0, 0.1) is 5.41 Å². The van der Waals surface area contributed by atoms with Gasteiger partial charge in [-0.25, -0.2) is 14.8 Å². The van der Waals surface area contributed by atoms with Crippen LogP contribution in [0.4, 0.5) is 10.5 Å². The molecule has 1 atom stereocenters. The summed E-state index contributed by atoms with van der Waals surface area (Å²) in [6.07, 6.45) is 10.8. The summed E-state index contributed by atoms with van der Waals surface area (Å²) in [5.41, 5.74) is 1.77. The average Bonchev–Trinajstić information content (AvgIpc) is 3.27. The summed E-state index contributed by atoms with van der Waals surface area (Å²) >= 11 is 0. The maximum atomic E-state index is 12.6. The normalized spacial score (nSPS) is 12.6. The molecule has 2 aromatic heterocycles. The van der Waals surface area contributed by atoms with Crippen molar-refractivity contribution in [3.05, 3.63) is 67.3 Å². The number of carbonyl (C=O) groups is 1. The van der Waals surface area contributed by atoms with Crippen molar-refractivity contribution in [3.8, 4) is 0 Å². The predicted molar refractivity (Wildman–Crippen MR) is 105 cm³/mol. The van der Waals surface area contributed by atoms with Crippen LogP contribution in [-0.4, -0.2) is 31.2 Å². The monoisotopic (exact) mass is 366 g/mol. The number of benzene rings is 1. The number of amides is 2. The number of urea groups is 1. The zero-order valence-corrected chi connectivity index (χ0v) is 16.0. The van der Waals surface area contributed by atoms with E-state index in [-0.39, 0.29) is 17.5 Å². The fourth-order valence-electron chi connectivity index (χ4n) is 2.81. The topological polar surface area (TPSA) is 76.8 Å². The van der Waals surface area contributed by atoms with Crippen molar-refractivity contribution in [1.82, 2.24) is 24.4 Å². The lowest BCUT2D eigenvalue weighted by atomic mass is 9.86. The van der Waals surface area contributed by atoms with Gasteiger partial charge in [-0.3, -0.25) is 0 Å². The molecular weight excluding hydrogens is 340 g/mol. The molecule has 0 fully saturated rings. The molecule has 142 valence electrons. The van der Waals surface area contributed by atoms with Crippen molar-refractivity contribution in [1.29, 1.82) is 0 Å². The van der Waals surface area contributed by atoms with E-state index in [1.807, 2.05) is 45.8 Å². The van der Waals surface area contributed by atoms with E-state index < -0.39 is 0 Å².